The van der Waals surface area contributed by atoms with Gasteiger partial charge in [-0.15, -0.1) is 0 Å². The molecule has 0 atom stereocenters. The molecule has 118 valence electrons. The summed E-state index contributed by atoms with van der Waals surface area (Å²) in [6.07, 6.45) is 0. The van der Waals surface area contributed by atoms with Crippen LogP contribution in [0.4, 0.5) is 0 Å². The number of carbonyl (C=O) groups excluding carboxylic acids is 2. The van der Waals surface area contributed by atoms with Crippen LogP contribution in [0.25, 0.3) is 0 Å². The quantitative estimate of drug-likeness (QED) is 0.480. The van der Waals surface area contributed by atoms with Gasteiger partial charge in [-0.25, -0.2) is 9.59 Å². The van der Waals surface area contributed by atoms with Crippen molar-refractivity contribution in [1.82, 2.24) is 0 Å². The Morgan fingerprint density at radius 2 is 1.29 bits per heavy atom. The monoisotopic (exact) mass is 300 g/mol. The lowest BCUT2D eigenvalue weighted by Crippen LogP contribution is -2.11. The maximum atomic E-state index is 11.6. The van der Waals surface area contributed by atoms with Gasteiger partial charge in [-0.05, 0) is 26.0 Å². The molecule has 0 aliphatic rings. The Morgan fingerprint density at radius 1 is 0.857 bits per heavy atom. The first-order valence-corrected chi connectivity index (χ1v) is 6.78. The highest BCUT2D eigenvalue weighted by atomic mass is 16.6. The smallest absolute Gasteiger partial charge is 0.374 e. The molecule has 1 aromatic heterocycles. The van der Waals surface area contributed by atoms with Crippen LogP contribution >= 0.6 is 0 Å². The molecule has 0 aliphatic carbocycles. The molecule has 21 heavy (non-hydrogen) atoms. The van der Waals surface area contributed by atoms with Crippen molar-refractivity contribution in [2.45, 2.75) is 13.8 Å². The van der Waals surface area contributed by atoms with Gasteiger partial charge in [0, 0.05) is 13.2 Å². The highest BCUT2D eigenvalue weighted by Gasteiger charge is 2.17. The topological polar surface area (TPSA) is 84.2 Å². The molecule has 0 spiro atoms. The van der Waals surface area contributed by atoms with E-state index in [-0.39, 0.29) is 24.7 Å². The summed E-state index contributed by atoms with van der Waals surface area (Å²) in [7, 11) is 0. The fourth-order valence-electron chi connectivity index (χ4n) is 1.37. The van der Waals surface area contributed by atoms with E-state index in [0.717, 1.165) is 0 Å². The third-order valence-corrected chi connectivity index (χ3v) is 2.34. The van der Waals surface area contributed by atoms with E-state index in [1.807, 2.05) is 13.8 Å². The molecule has 0 aliphatic heterocycles. The largest absolute Gasteiger partial charge is 0.457 e. The van der Waals surface area contributed by atoms with Gasteiger partial charge in [0.1, 0.15) is 13.2 Å². The number of carbonyl (C=O) groups is 2. The minimum atomic E-state index is -0.650. The standard InChI is InChI=1S/C14H20O7/c1-3-17-7-9-19-13(15)11-5-6-12(21-11)14(16)20-10-8-18-4-2/h5-6H,3-4,7-10H2,1-2H3. The Hall–Kier alpha value is -1.86. The highest BCUT2D eigenvalue weighted by Crippen LogP contribution is 2.10. The molecule has 1 heterocycles. The number of rotatable bonds is 10. The number of hydrogen-bond donors (Lipinski definition) is 0. The molecule has 1 aromatic rings. The van der Waals surface area contributed by atoms with E-state index in [2.05, 4.69) is 0 Å². The average Bonchev–Trinajstić information content (AvgIpc) is 2.98. The summed E-state index contributed by atoms with van der Waals surface area (Å²) in [5.74, 6) is -1.40. The molecule has 7 heteroatoms. The second-order valence-electron chi connectivity index (χ2n) is 3.83. The molecule has 0 fully saturated rings. The number of ether oxygens (including phenoxy) is 4. The van der Waals surface area contributed by atoms with Crippen molar-refractivity contribution in [2.75, 3.05) is 39.6 Å². The summed E-state index contributed by atoms with van der Waals surface area (Å²) >= 11 is 0. The van der Waals surface area contributed by atoms with E-state index in [0.29, 0.717) is 26.4 Å². The highest BCUT2D eigenvalue weighted by molar-refractivity contribution is 5.90. The first kappa shape index (κ1) is 17.2. The third-order valence-electron chi connectivity index (χ3n) is 2.34. The predicted molar refractivity (Wildman–Crippen MR) is 72.3 cm³/mol. The van der Waals surface area contributed by atoms with Gasteiger partial charge in [-0.2, -0.15) is 0 Å². The van der Waals surface area contributed by atoms with Crippen molar-refractivity contribution < 1.29 is 33.0 Å². The molecule has 0 saturated heterocycles. The van der Waals surface area contributed by atoms with Crippen LogP contribution in [0.3, 0.4) is 0 Å². The molecule has 0 radical (unpaired) electrons. The van der Waals surface area contributed by atoms with Crippen LogP contribution in [0.1, 0.15) is 35.0 Å². The third kappa shape index (κ3) is 6.42. The molecular formula is C14H20O7. The van der Waals surface area contributed by atoms with Gasteiger partial charge in [0.25, 0.3) is 0 Å². The molecule has 0 amide bonds. The van der Waals surface area contributed by atoms with E-state index in [1.54, 1.807) is 0 Å². The fraction of sp³-hybridized carbons (Fsp3) is 0.571. The lowest BCUT2D eigenvalue weighted by molar-refractivity contribution is 0.0272. The maximum Gasteiger partial charge on any atom is 0.374 e. The first-order valence-electron chi connectivity index (χ1n) is 6.78. The van der Waals surface area contributed by atoms with Gasteiger partial charge >= 0.3 is 11.9 Å². The van der Waals surface area contributed by atoms with Crippen LogP contribution in [0.5, 0.6) is 0 Å². The van der Waals surface area contributed by atoms with E-state index >= 15 is 0 Å². The first-order chi connectivity index (χ1) is 10.2. The Kier molecular flexibility index (Phi) is 8.15. The van der Waals surface area contributed by atoms with Crippen molar-refractivity contribution in [3.05, 3.63) is 23.7 Å². The zero-order chi connectivity index (χ0) is 15.5. The lowest BCUT2D eigenvalue weighted by Gasteiger charge is -2.03. The van der Waals surface area contributed by atoms with Gasteiger partial charge in [0.2, 0.25) is 11.5 Å². The second kappa shape index (κ2) is 9.95. The van der Waals surface area contributed by atoms with Gasteiger partial charge in [-0.3, -0.25) is 0 Å². The van der Waals surface area contributed by atoms with E-state index < -0.39 is 11.9 Å². The van der Waals surface area contributed by atoms with Gasteiger partial charge in [-0.1, -0.05) is 0 Å². The minimum absolute atomic E-state index is 0.0525. The molecule has 0 N–H and O–H groups in total. The van der Waals surface area contributed by atoms with Crippen LogP contribution in [0.15, 0.2) is 16.5 Å². The summed E-state index contributed by atoms with van der Waals surface area (Å²) in [4.78, 5) is 23.2. The Bertz CT molecular complexity index is 400. The normalized spacial score (nSPS) is 10.4. The summed E-state index contributed by atoms with van der Waals surface area (Å²) in [6.45, 7) is 5.68. The molecule has 0 saturated carbocycles. The van der Waals surface area contributed by atoms with Crippen LogP contribution in [0, 0.1) is 0 Å². The second-order valence-corrected chi connectivity index (χ2v) is 3.83. The Morgan fingerprint density at radius 3 is 1.67 bits per heavy atom. The van der Waals surface area contributed by atoms with Gasteiger partial charge in [0.15, 0.2) is 0 Å². The van der Waals surface area contributed by atoms with Crippen LogP contribution in [-0.2, 0) is 18.9 Å². The van der Waals surface area contributed by atoms with Crippen molar-refractivity contribution in [1.29, 1.82) is 0 Å². The Balaban J connectivity index is 2.37. The molecule has 0 aromatic carbocycles. The van der Waals surface area contributed by atoms with E-state index in [4.69, 9.17) is 23.4 Å². The minimum Gasteiger partial charge on any atom is -0.457 e. The molecular weight excluding hydrogens is 280 g/mol. The number of furan rings is 1. The summed E-state index contributed by atoms with van der Waals surface area (Å²) < 4.78 is 25.0. The summed E-state index contributed by atoms with van der Waals surface area (Å²) in [5.41, 5.74) is 0. The van der Waals surface area contributed by atoms with Crippen LogP contribution < -0.4 is 0 Å². The van der Waals surface area contributed by atoms with Crippen LogP contribution in [0.2, 0.25) is 0 Å². The van der Waals surface area contributed by atoms with E-state index in [1.165, 1.54) is 12.1 Å². The molecule has 0 bridgehead atoms. The van der Waals surface area contributed by atoms with Gasteiger partial charge < -0.3 is 23.4 Å². The van der Waals surface area contributed by atoms with Crippen molar-refractivity contribution in [3.8, 4) is 0 Å². The summed E-state index contributed by atoms with van der Waals surface area (Å²) in [5, 5.41) is 0. The lowest BCUT2D eigenvalue weighted by atomic mass is 10.4. The zero-order valence-electron chi connectivity index (χ0n) is 12.3. The zero-order valence-corrected chi connectivity index (χ0v) is 12.3. The van der Waals surface area contributed by atoms with Crippen molar-refractivity contribution in [3.63, 3.8) is 0 Å². The SMILES string of the molecule is CCOCCOC(=O)c1ccc(C(=O)OCCOCC)o1. The van der Waals surface area contributed by atoms with Crippen molar-refractivity contribution in [2.24, 2.45) is 0 Å². The molecule has 0 unspecified atom stereocenters. The fourth-order valence-corrected chi connectivity index (χ4v) is 1.37. The molecule has 1 rings (SSSR count). The van der Waals surface area contributed by atoms with E-state index in [9.17, 15) is 9.59 Å². The van der Waals surface area contributed by atoms with Crippen molar-refractivity contribution >= 4 is 11.9 Å². The number of hydrogen-bond acceptors (Lipinski definition) is 7. The maximum absolute atomic E-state index is 11.6. The average molecular weight is 300 g/mol. The Labute approximate surface area is 123 Å². The number of esters is 2. The van der Waals surface area contributed by atoms with Gasteiger partial charge in [0.05, 0.1) is 13.2 Å². The predicted octanol–water partition coefficient (Wildman–Crippen LogP) is 1.67. The molecule has 7 nitrogen and oxygen atoms in total. The van der Waals surface area contributed by atoms with Crippen LogP contribution in [-0.4, -0.2) is 51.6 Å². The summed E-state index contributed by atoms with van der Waals surface area (Å²) in [6, 6.07) is 2.73.